The maximum Gasteiger partial charge on any atom is 0.339 e. The van der Waals surface area contributed by atoms with Gasteiger partial charge < -0.3 is 10.1 Å². The Morgan fingerprint density at radius 2 is 1.76 bits per heavy atom. The smallest absolute Gasteiger partial charge is 0.339 e. The summed E-state index contributed by atoms with van der Waals surface area (Å²) in [4.78, 5) is 33.4. The second-order valence-corrected chi connectivity index (χ2v) is 9.16. The number of nitrogens with one attached hydrogen (secondary N) is 1. The minimum absolute atomic E-state index is 0.357. The normalized spacial score (nSPS) is 14.7. The van der Waals surface area contributed by atoms with Crippen LogP contribution in [0.3, 0.4) is 0 Å². The Hall–Kier alpha value is -3.25. The monoisotopic (exact) mass is 445 g/mol. The van der Waals surface area contributed by atoms with Gasteiger partial charge in [0.05, 0.1) is 11.1 Å². The lowest BCUT2D eigenvalue weighted by molar-refractivity contribution is -0.123. The zero-order valence-electron chi connectivity index (χ0n) is 19.9. The van der Waals surface area contributed by atoms with Crippen molar-refractivity contribution >= 4 is 28.5 Å². The number of carbonyl (C=O) groups excluding carboxylic acids is 2. The van der Waals surface area contributed by atoms with Gasteiger partial charge >= 0.3 is 5.97 Å². The van der Waals surface area contributed by atoms with Crippen LogP contribution in [-0.4, -0.2) is 40.5 Å². The van der Waals surface area contributed by atoms with Crippen LogP contribution < -0.4 is 5.32 Å². The van der Waals surface area contributed by atoms with Gasteiger partial charge in [0.15, 0.2) is 6.10 Å². The lowest BCUT2D eigenvalue weighted by atomic mass is 9.95. The van der Waals surface area contributed by atoms with E-state index in [2.05, 4.69) is 24.1 Å². The van der Waals surface area contributed by atoms with Crippen LogP contribution >= 0.6 is 0 Å². The lowest BCUT2D eigenvalue weighted by Crippen LogP contribution is -2.37. The Bertz CT molecular complexity index is 1200. The predicted octanol–water partition coefficient (Wildman–Crippen LogP) is 4.80. The van der Waals surface area contributed by atoms with Gasteiger partial charge in [-0.1, -0.05) is 24.3 Å². The van der Waals surface area contributed by atoms with Gasteiger partial charge in [0, 0.05) is 47.9 Å². The van der Waals surface area contributed by atoms with Crippen LogP contribution in [0.2, 0.25) is 0 Å². The number of amides is 1. The average Bonchev–Trinajstić information content (AvgIpc) is 2.76. The molecule has 0 saturated heterocycles. The number of nitrogens with zero attached hydrogens (tertiary/aromatic N) is 2. The number of carbonyl (C=O) groups is 2. The molecule has 1 amide bonds. The third-order valence-electron chi connectivity index (χ3n) is 6.15. The summed E-state index contributed by atoms with van der Waals surface area (Å²) in [5.41, 5.74) is 5.93. The first-order valence-corrected chi connectivity index (χ1v) is 11.5. The molecular formula is C27H31N3O3. The van der Waals surface area contributed by atoms with E-state index in [1.807, 2.05) is 56.3 Å². The SMILES string of the molecule is Cc1cc(C)cc(NC(=O)C(C)OC(=O)c2c3c(nc4ccccc24)CCN(C(C)C)C3)c1. The Balaban J connectivity index is 1.62. The molecule has 33 heavy (non-hydrogen) atoms. The fourth-order valence-electron chi connectivity index (χ4n) is 4.45. The molecule has 0 aliphatic carbocycles. The van der Waals surface area contributed by atoms with Crippen LogP contribution in [0.15, 0.2) is 42.5 Å². The van der Waals surface area contributed by atoms with Crippen LogP contribution in [-0.2, 0) is 22.5 Å². The van der Waals surface area contributed by atoms with E-state index in [1.54, 1.807) is 6.92 Å². The van der Waals surface area contributed by atoms with E-state index in [-0.39, 0.29) is 5.91 Å². The van der Waals surface area contributed by atoms with Gasteiger partial charge in [-0.05, 0) is 63.9 Å². The summed E-state index contributed by atoms with van der Waals surface area (Å²) in [6, 6.07) is 13.8. The molecule has 6 nitrogen and oxygen atoms in total. The minimum atomic E-state index is -0.939. The van der Waals surface area contributed by atoms with Gasteiger partial charge in [0.25, 0.3) is 5.91 Å². The number of benzene rings is 2. The first kappa shape index (κ1) is 22.9. The van der Waals surface area contributed by atoms with E-state index in [0.29, 0.717) is 23.8 Å². The molecule has 1 atom stereocenters. The summed E-state index contributed by atoms with van der Waals surface area (Å²) in [7, 11) is 0. The van der Waals surface area contributed by atoms with Crippen molar-refractivity contribution in [2.24, 2.45) is 0 Å². The van der Waals surface area contributed by atoms with Crippen molar-refractivity contribution in [1.29, 1.82) is 0 Å². The van der Waals surface area contributed by atoms with Crippen molar-refractivity contribution in [3.8, 4) is 0 Å². The third-order valence-corrected chi connectivity index (χ3v) is 6.15. The van der Waals surface area contributed by atoms with Crippen molar-refractivity contribution < 1.29 is 14.3 Å². The molecule has 1 aliphatic heterocycles. The summed E-state index contributed by atoms with van der Waals surface area (Å²) in [5, 5.41) is 3.62. The zero-order valence-corrected chi connectivity index (χ0v) is 19.9. The average molecular weight is 446 g/mol. The molecular weight excluding hydrogens is 414 g/mol. The highest BCUT2D eigenvalue weighted by Gasteiger charge is 2.29. The number of aryl methyl sites for hydroxylation is 2. The summed E-state index contributed by atoms with van der Waals surface area (Å²) in [6.45, 7) is 11.4. The summed E-state index contributed by atoms with van der Waals surface area (Å²) < 4.78 is 5.70. The van der Waals surface area contributed by atoms with E-state index < -0.39 is 12.1 Å². The fourth-order valence-corrected chi connectivity index (χ4v) is 4.45. The molecule has 0 saturated carbocycles. The van der Waals surface area contributed by atoms with Crippen molar-refractivity contribution in [2.75, 3.05) is 11.9 Å². The number of fused-ring (bicyclic) bond motifs is 2. The van der Waals surface area contributed by atoms with Crippen LogP contribution in [0, 0.1) is 13.8 Å². The number of para-hydroxylation sites is 1. The molecule has 2 aromatic carbocycles. The minimum Gasteiger partial charge on any atom is -0.449 e. The van der Waals surface area contributed by atoms with Crippen LogP contribution in [0.5, 0.6) is 0 Å². The number of ether oxygens (including phenoxy) is 1. The molecule has 4 rings (SSSR count). The molecule has 1 aromatic heterocycles. The molecule has 0 radical (unpaired) electrons. The quantitative estimate of drug-likeness (QED) is 0.571. The van der Waals surface area contributed by atoms with Gasteiger partial charge in [-0.3, -0.25) is 14.7 Å². The topological polar surface area (TPSA) is 71.5 Å². The number of hydrogen-bond acceptors (Lipinski definition) is 5. The first-order valence-electron chi connectivity index (χ1n) is 11.5. The molecule has 172 valence electrons. The van der Waals surface area contributed by atoms with Crippen molar-refractivity contribution in [3.05, 3.63) is 70.4 Å². The van der Waals surface area contributed by atoms with E-state index in [9.17, 15) is 9.59 Å². The van der Waals surface area contributed by atoms with E-state index in [4.69, 9.17) is 9.72 Å². The molecule has 6 heteroatoms. The van der Waals surface area contributed by atoms with Crippen molar-refractivity contribution in [2.45, 2.75) is 59.7 Å². The molecule has 1 N–H and O–H groups in total. The predicted molar refractivity (Wildman–Crippen MR) is 130 cm³/mol. The number of esters is 1. The Labute approximate surface area is 195 Å². The largest absolute Gasteiger partial charge is 0.449 e. The highest BCUT2D eigenvalue weighted by molar-refractivity contribution is 6.06. The molecule has 0 spiro atoms. The van der Waals surface area contributed by atoms with E-state index in [0.717, 1.165) is 46.3 Å². The molecule has 2 heterocycles. The Kier molecular flexibility index (Phi) is 6.47. The van der Waals surface area contributed by atoms with Crippen molar-refractivity contribution in [3.63, 3.8) is 0 Å². The van der Waals surface area contributed by atoms with E-state index in [1.165, 1.54) is 0 Å². The number of aromatic nitrogens is 1. The highest BCUT2D eigenvalue weighted by Crippen LogP contribution is 2.30. The number of anilines is 1. The lowest BCUT2D eigenvalue weighted by Gasteiger charge is -2.32. The number of hydrogen-bond donors (Lipinski definition) is 1. The maximum absolute atomic E-state index is 13.4. The highest BCUT2D eigenvalue weighted by atomic mass is 16.5. The first-order chi connectivity index (χ1) is 15.7. The number of pyridine rings is 1. The zero-order chi connectivity index (χ0) is 23.7. The Morgan fingerprint density at radius 3 is 2.45 bits per heavy atom. The molecule has 1 aliphatic rings. The van der Waals surface area contributed by atoms with Gasteiger partial charge in [-0.25, -0.2) is 4.79 Å². The van der Waals surface area contributed by atoms with Crippen LogP contribution in [0.4, 0.5) is 5.69 Å². The molecule has 0 fully saturated rings. The van der Waals surface area contributed by atoms with Gasteiger partial charge in [-0.2, -0.15) is 0 Å². The third kappa shape index (κ3) is 4.91. The molecule has 0 bridgehead atoms. The second-order valence-electron chi connectivity index (χ2n) is 9.16. The summed E-state index contributed by atoms with van der Waals surface area (Å²) >= 11 is 0. The standard InChI is InChI=1S/C27H31N3O3/c1-16(2)30-11-10-24-22(15-30)25(21-8-6-7-9-23(21)29-24)27(32)33-19(5)26(31)28-20-13-17(3)12-18(4)14-20/h6-9,12-14,16,19H,10-11,15H2,1-5H3,(H,28,31). The van der Waals surface area contributed by atoms with Crippen LogP contribution in [0.1, 0.15) is 53.5 Å². The van der Waals surface area contributed by atoms with Gasteiger partial charge in [0.2, 0.25) is 0 Å². The second kappa shape index (κ2) is 9.32. The maximum atomic E-state index is 13.4. The molecule has 3 aromatic rings. The van der Waals surface area contributed by atoms with E-state index >= 15 is 0 Å². The van der Waals surface area contributed by atoms with Gasteiger partial charge in [-0.15, -0.1) is 0 Å². The Morgan fingerprint density at radius 1 is 1.06 bits per heavy atom. The summed E-state index contributed by atoms with van der Waals surface area (Å²) in [6.07, 6.45) is -0.160. The number of rotatable bonds is 5. The van der Waals surface area contributed by atoms with Crippen molar-refractivity contribution in [1.82, 2.24) is 9.88 Å². The van der Waals surface area contributed by atoms with Crippen LogP contribution in [0.25, 0.3) is 10.9 Å². The fraction of sp³-hybridized carbons (Fsp3) is 0.370. The summed E-state index contributed by atoms with van der Waals surface area (Å²) in [5.74, 6) is -0.845. The van der Waals surface area contributed by atoms with Gasteiger partial charge in [0.1, 0.15) is 0 Å². The molecule has 1 unspecified atom stereocenters.